The summed E-state index contributed by atoms with van der Waals surface area (Å²) in [7, 11) is 1.50. The molecule has 2 heterocycles. The Morgan fingerprint density at radius 3 is 2.72 bits per heavy atom. The van der Waals surface area contributed by atoms with E-state index in [9.17, 15) is 14.4 Å². The Hall–Kier alpha value is -2.81. The Labute approximate surface area is 173 Å². The monoisotopic (exact) mass is 416 g/mol. The Balaban J connectivity index is 1.76. The molecule has 0 fully saturated rings. The molecule has 2 aromatic rings. The number of hydrogen-bond acceptors (Lipinski definition) is 6. The molecule has 1 aromatic heterocycles. The van der Waals surface area contributed by atoms with Crippen molar-refractivity contribution in [2.24, 2.45) is 0 Å². The van der Waals surface area contributed by atoms with Gasteiger partial charge in [0.05, 0.1) is 24.5 Å². The SMILES string of the molecule is COc1ccc(NC(C)=O)cc1NC(=O)CC1CSc2nc(C(C)C)cc(=O)n21. The van der Waals surface area contributed by atoms with Crippen LogP contribution in [0, 0.1) is 0 Å². The molecule has 2 amide bonds. The number of thioether (sulfide) groups is 1. The van der Waals surface area contributed by atoms with E-state index in [1.807, 2.05) is 13.8 Å². The fourth-order valence-electron chi connectivity index (χ4n) is 3.12. The molecule has 3 rings (SSSR count). The lowest BCUT2D eigenvalue weighted by molar-refractivity contribution is -0.117. The van der Waals surface area contributed by atoms with Crippen molar-refractivity contribution in [1.82, 2.24) is 9.55 Å². The molecule has 29 heavy (non-hydrogen) atoms. The van der Waals surface area contributed by atoms with Crippen LogP contribution in [0.5, 0.6) is 5.75 Å². The van der Waals surface area contributed by atoms with Gasteiger partial charge >= 0.3 is 0 Å². The highest BCUT2D eigenvalue weighted by Crippen LogP contribution is 2.34. The zero-order chi connectivity index (χ0) is 21.1. The number of methoxy groups -OCH3 is 1. The van der Waals surface area contributed by atoms with Crippen LogP contribution in [-0.4, -0.2) is 34.2 Å². The molecule has 154 valence electrons. The smallest absolute Gasteiger partial charge is 0.254 e. The molecule has 1 aliphatic heterocycles. The van der Waals surface area contributed by atoms with Gasteiger partial charge in [-0.15, -0.1) is 0 Å². The zero-order valence-electron chi connectivity index (χ0n) is 16.8. The Morgan fingerprint density at radius 1 is 1.31 bits per heavy atom. The minimum Gasteiger partial charge on any atom is -0.495 e. The second kappa shape index (κ2) is 8.69. The topological polar surface area (TPSA) is 102 Å². The van der Waals surface area contributed by atoms with Crippen molar-refractivity contribution in [2.75, 3.05) is 23.5 Å². The highest BCUT2D eigenvalue weighted by atomic mass is 32.2. The molecule has 9 heteroatoms. The first-order valence-corrected chi connectivity index (χ1v) is 10.3. The highest BCUT2D eigenvalue weighted by Gasteiger charge is 2.28. The first kappa shape index (κ1) is 20.9. The summed E-state index contributed by atoms with van der Waals surface area (Å²) in [6.07, 6.45) is 0.135. The number of nitrogens with zero attached hydrogens (tertiary/aromatic N) is 2. The summed E-state index contributed by atoms with van der Waals surface area (Å²) in [6, 6.07) is 6.28. The van der Waals surface area contributed by atoms with Gasteiger partial charge in [-0.05, 0) is 24.1 Å². The van der Waals surface area contributed by atoms with Crippen molar-refractivity contribution in [3.63, 3.8) is 0 Å². The van der Waals surface area contributed by atoms with Gasteiger partial charge in [0.25, 0.3) is 5.56 Å². The molecule has 0 saturated heterocycles. The van der Waals surface area contributed by atoms with Gasteiger partial charge in [-0.1, -0.05) is 25.6 Å². The summed E-state index contributed by atoms with van der Waals surface area (Å²) in [5.74, 6) is 0.801. The van der Waals surface area contributed by atoms with Crippen LogP contribution in [0.2, 0.25) is 0 Å². The van der Waals surface area contributed by atoms with Gasteiger partial charge in [-0.3, -0.25) is 19.0 Å². The fourth-order valence-corrected chi connectivity index (χ4v) is 4.27. The first-order valence-electron chi connectivity index (χ1n) is 9.30. The first-order chi connectivity index (χ1) is 13.8. The van der Waals surface area contributed by atoms with Crippen LogP contribution in [0.1, 0.15) is 44.8 Å². The molecule has 2 N–H and O–H groups in total. The summed E-state index contributed by atoms with van der Waals surface area (Å²) in [5, 5.41) is 6.15. The van der Waals surface area contributed by atoms with Crippen molar-refractivity contribution in [3.05, 3.63) is 40.3 Å². The molecule has 0 saturated carbocycles. The van der Waals surface area contributed by atoms with E-state index in [4.69, 9.17) is 4.74 Å². The second-order valence-electron chi connectivity index (χ2n) is 7.14. The lowest BCUT2D eigenvalue weighted by Gasteiger charge is -2.16. The van der Waals surface area contributed by atoms with E-state index in [1.165, 1.54) is 25.8 Å². The zero-order valence-corrected chi connectivity index (χ0v) is 17.6. The van der Waals surface area contributed by atoms with E-state index in [2.05, 4.69) is 15.6 Å². The predicted molar refractivity (Wildman–Crippen MR) is 113 cm³/mol. The molecule has 0 radical (unpaired) electrons. The van der Waals surface area contributed by atoms with Gasteiger partial charge in [-0.2, -0.15) is 0 Å². The summed E-state index contributed by atoms with van der Waals surface area (Å²) in [4.78, 5) is 41.1. The maximum atomic E-state index is 12.7. The minimum absolute atomic E-state index is 0.133. The molecular formula is C20H24N4O4S. The number of aromatic nitrogens is 2. The van der Waals surface area contributed by atoms with Gasteiger partial charge in [0.1, 0.15) is 5.75 Å². The lowest BCUT2D eigenvalue weighted by atomic mass is 10.1. The summed E-state index contributed by atoms with van der Waals surface area (Å²) >= 11 is 1.49. The van der Waals surface area contributed by atoms with Crippen molar-refractivity contribution in [1.29, 1.82) is 0 Å². The number of rotatable bonds is 6. The van der Waals surface area contributed by atoms with Gasteiger partial charge < -0.3 is 15.4 Å². The highest BCUT2D eigenvalue weighted by molar-refractivity contribution is 7.99. The Bertz CT molecular complexity index is 1000. The number of amides is 2. The van der Waals surface area contributed by atoms with E-state index < -0.39 is 0 Å². The summed E-state index contributed by atoms with van der Waals surface area (Å²) < 4.78 is 6.89. The summed E-state index contributed by atoms with van der Waals surface area (Å²) in [6.45, 7) is 5.39. The second-order valence-corrected chi connectivity index (χ2v) is 8.13. The maximum absolute atomic E-state index is 12.7. The minimum atomic E-state index is -0.263. The van der Waals surface area contributed by atoms with Crippen LogP contribution >= 0.6 is 11.8 Å². The van der Waals surface area contributed by atoms with Crippen molar-refractivity contribution in [3.8, 4) is 5.75 Å². The normalized spacial score (nSPS) is 15.1. The van der Waals surface area contributed by atoms with E-state index in [0.717, 1.165) is 5.69 Å². The molecule has 1 aliphatic rings. The van der Waals surface area contributed by atoms with Gasteiger partial charge in [0.15, 0.2) is 5.16 Å². The van der Waals surface area contributed by atoms with E-state index >= 15 is 0 Å². The lowest BCUT2D eigenvalue weighted by Crippen LogP contribution is -2.28. The maximum Gasteiger partial charge on any atom is 0.254 e. The average molecular weight is 417 g/mol. The number of ether oxygens (including phenoxy) is 1. The Kier molecular flexibility index (Phi) is 6.26. The van der Waals surface area contributed by atoms with Crippen molar-refractivity contribution in [2.45, 2.75) is 44.3 Å². The molecule has 0 spiro atoms. The Morgan fingerprint density at radius 2 is 2.07 bits per heavy atom. The standard InChI is InChI=1S/C20H24N4O4S/c1-11(2)15-9-19(27)24-14(10-29-20(24)23-15)8-18(26)22-16-7-13(21-12(3)25)5-6-17(16)28-4/h5-7,9,11,14H,8,10H2,1-4H3,(H,21,25)(H,22,26). The number of carbonyl (C=O) groups excluding carboxylic acids is 2. The molecule has 1 atom stereocenters. The van der Waals surface area contributed by atoms with E-state index in [-0.39, 0.29) is 35.8 Å². The number of fused-ring (bicyclic) bond motifs is 1. The van der Waals surface area contributed by atoms with E-state index in [0.29, 0.717) is 28.0 Å². The average Bonchev–Trinajstić information content (AvgIpc) is 3.04. The molecule has 8 nitrogen and oxygen atoms in total. The number of nitrogens with one attached hydrogen (secondary N) is 2. The van der Waals surface area contributed by atoms with Crippen LogP contribution in [0.15, 0.2) is 34.2 Å². The third-order valence-corrected chi connectivity index (χ3v) is 5.61. The van der Waals surface area contributed by atoms with Crippen molar-refractivity contribution >= 4 is 35.0 Å². The van der Waals surface area contributed by atoms with Gasteiger partial charge in [0.2, 0.25) is 11.8 Å². The molecule has 1 aromatic carbocycles. The quantitative estimate of drug-likeness (QED) is 0.702. The van der Waals surface area contributed by atoms with Gasteiger partial charge in [0, 0.05) is 30.9 Å². The van der Waals surface area contributed by atoms with Crippen LogP contribution in [0.25, 0.3) is 0 Å². The number of benzene rings is 1. The largest absolute Gasteiger partial charge is 0.495 e. The van der Waals surface area contributed by atoms with Crippen molar-refractivity contribution < 1.29 is 14.3 Å². The number of carbonyl (C=O) groups is 2. The fraction of sp³-hybridized carbons (Fsp3) is 0.400. The molecule has 1 unspecified atom stereocenters. The van der Waals surface area contributed by atoms with Crippen LogP contribution in [-0.2, 0) is 9.59 Å². The number of anilines is 2. The number of hydrogen-bond donors (Lipinski definition) is 2. The third-order valence-electron chi connectivity index (χ3n) is 4.52. The summed E-state index contributed by atoms with van der Waals surface area (Å²) in [5.41, 5.74) is 1.64. The van der Waals surface area contributed by atoms with Crippen LogP contribution < -0.4 is 20.9 Å². The van der Waals surface area contributed by atoms with E-state index in [1.54, 1.807) is 28.8 Å². The molecular weight excluding hydrogens is 392 g/mol. The third kappa shape index (κ3) is 4.79. The predicted octanol–water partition coefficient (Wildman–Crippen LogP) is 3.01. The van der Waals surface area contributed by atoms with Gasteiger partial charge in [-0.25, -0.2) is 4.98 Å². The molecule has 0 aliphatic carbocycles. The van der Waals surface area contributed by atoms with Crippen LogP contribution in [0.3, 0.4) is 0 Å². The molecule has 0 bridgehead atoms. The van der Waals surface area contributed by atoms with Crippen LogP contribution in [0.4, 0.5) is 11.4 Å².